The SMILES string of the molecule is Cc1ccc(C(O)C(CN)c2ccc(C)c(C)c2)c(Cl)c1. The normalized spacial score (nSPS) is 14.0. The minimum absolute atomic E-state index is 0.162. The van der Waals surface area contributed by atoms with Gasteiger partial charge in [0.05, 0.1) is 6.10 Å². The van der Waals surface area contributed by atoms with Crippen LogP contribution in [0.25, 0.3) is 0 Å². The lowest BCUT2D eigenvalue weighted by atomic mass is 9.87. The largest absolute Gasteiger partial charge is 0.388 e. The Labute approximate surface area is 131 Å². The molecule has 2 aromatic rings. The highest BCUT2D eigenvalue weighted by molar-refractivity contribution is 6.31. The van der Waals surface area contributed by atoms with Crippen molar-refractivity contribution in [1.82, 2.24) is 0 Å². The minimum atomic E-state index is -0.704. The van der Waals surface area contributed by atoms with Crippen LogP contribution in [-0.4, -0.2) is 11.7 Å². The summed E-state index contributed by atoms with van der Waals surface area (Å²) in [5, 5.41) is 11.3. The molecule has 2 unspecified atom stereocenters. The van der Waals surface area contributed by atoms with Gasteiger partial charge in [0.15, 0.2) is 0 Å². The topological polar surface area (TPSA) is 46.2 Å². The van der Waals surface area contributed by atoms with Crippen LogP contribution in [0.3, 0.4) is 0 Å². The quantitative estimate of drug-likeness (QED) is 0.895. The Hall–Kier alpha value is -1.35. The van der Waals surface area contributed by atoms with Crippen LogP contribution >= 0.6 is 11.6 Å². The number of rotatable bonds is 4. The molecule has 0 aromatic heterocycles. The van der Waals surface area contributed by atoms with Crippen molar-refractivity contribution in [3.8, 4) is 0 Å². The van der Waals surface area contributed by atoms with Crippen LogP contribution < -0.4 is 5.73 Å². The molecule has 3 N–H and O–H groups in total. The first kappa shape index (κ1) is 16.0. The number of aryl methyl sites for hydroxylation is 3. The summed E-state index contributed by atoms with van der Waals surface area (Å²) < 4.78 is 0. The Kier molecular flexibility index (Phi) is 5.04. The lowest BCUT2D eigenvalue weighted by Crippen LogP contribution is -2.20. The zero-order chi connectivity index (χ0) is 15.6. The summed E-state index contributed by atoms with van der Waals surface area (Å²) in [7, 11) is 0. The molecule has 2 aromatic carbocycles. The molecule has 2 rings (SSSR count). The van der Waals surface area contributed by atoms with E-state index < -0.39 is 6.10 Å². The average molecular weight is 304 g/mol. The summed E-state index contributed by atoms with van der Waals surface area (Å²) in [6.07, 6.45) is -0.704. The highest BCUT2D eigenvalue weighted by Gasteiger charge is 2.23. The molecule has 0 saturated carbocycles. The molecule has 2 atom stereocenters. The molecule has 21 heavy (non-hydrogen) atoms. The summed E-state index contributed by atoms with van der Waals surface area (Å²) >= 11 is 6.27. The van der Waals surface area contributed by atoms with Gasteiger partial charge < -0.3 is 10.8 Å². The predicted octanol–water partition coefficient (Wildman–Crippen LogP) is 4.04. The number of nitrogens with two attached hydrogens (primary N) is 1. The van der Waals surface area contributed by atoms with E-state index in [1.54, 1.807) is 0 Å². The molecule has 0 aliphatic heterocycles. The van der Waals surface area contributed by atoms with Crippen molar-refractivity contribution in [3.63, 3.8) is 0 Å². The molecule has 0 fully saturated rings. The first-order chi connectivity index (χ1) is 9.93. The van der Waals surface area contributed by atoms with Gasteiger partial charge in [-0.1, -0.05) is 41.9 Å². The highest BCUT2D eigenvalue weighted by atomic mass is 35.5. The number of aliphatic hydroxyl groups excluding tert-OH is 1. The molecule has 112 valence electrons. The molecule has 0 saturated heterocycles. The summed E-state index contributed by atoms with van der Waals surface area (Å²) in [5.41, 5.74) is 11.2. The Balaban J connectivity index is 2.37. The van der Waals surface area contributed by atoms with Crippen LogP contribution in [0.5, 0.6) is 0 Å². The molecule has 2 nitrogen and oxygen atoms in total. The maximum Gasteiger partial charge on any atom is 0.0885 e. The average Bonchev–Trinajstić information content (AvgIpc) is 2.43. The van der Waals surface area contributed by atoms with Crippen molar-refractivity contribution in [1.29, 1.82) is 0 Å². The van der Waals surface area contributed by atoms with Gasteiger partial charge in [0.1, 0.15) is 0 Å². The van der Waals surface area contributed by atoms with Gasteiger partial charge in [-0.15, -0.1) is 0 Å². The van der Waals surface area contributed by atoms with Crippen LogP contribution in [0.15, 0.2) is 36.4 Å². The third-order valence-electron chi connectivity index (χ3n) is 4.07. The van der Waals surface area contributed by atoms with Crippen LogP contribution in [0.2, 0.25) is 5.02 Å². The van der Waals surface area contributed by atoms with E-state index in [0.29, 0.717) is 11.6 Å². The first-order valence-electron chi connectivity index (χ1n) is 7.15. The number of benzene rings is 2. The standard InChI is InChI=1S/C18H22ClNO/c1-11-4-7-15(17(19)8-11)18(21)16(10-20)14-6-5-12(2)13(3)9-14/h4-9,16,18,21H,10,20H2,1-3H3. The van der Waals surface area contributed by atoms with Gasteiger partial charge in [-0.3, -0.25) is 0 Å². The summed E-state index contributed by atoms with van der Waals surface area (Å²) in [4.78, 5) is 0. The third-order valence-corrected chi connectivity index (χ3v) is 4.40. The zero-order valence-electron chi connectivity index (χ0n) is 12.7. The first-order valence-corrected chi connectivity index (χ1v) is 7.53. The van der Waals surface area contributed by atoms with Gasteiger partial charge in [-0.2, -0.15) is 0 Å². The number of hydrogen-bond acceptors (Lipinski definition) is 2. The molecule has 0 aliphatic carbocycles. The van der Waals surface area contributed by atoms with Crippen molar-refractivity contribution < 1.29 is 5.11 Å². The third kappa shape index (κ3) is 3.46. The van der Waals surface area contributed by atoms with Crippen molar-refractivity contribution in [2.45, 2.75) is 32.8 Å². The summed E-state index contributed by atoms with van der Waals surface area (Å²) in [5.74, 6) is -0.162. The van der Waals surface area contributed by atoms with Crippen LogP contribution in [0.4, 0.5) is 0 Å². The Morgan fingerprint density at radius 1 is 1.05 bits per heavy atom. The Morgan fingerprint density at radius 2 is 1.76 bits per heavy atom. The van der Waals surface area contributed by atoms with Gasteiger partial charge in [0.25, 0.3) is 0 Å². The number of halogens is 1. The van der Waals surface area contributed by atoms with Crippen molar-refractivity contribution in [2.24, 2.45) is 5.73 Å². The van der Waals surface area contributed by atoms with Crippen LogP contribution in [0, 0.1) is 20.8 Å². The van der Waals surface area contributed by atoms with E-state index in [1.165, 1.54) is 11.1 Å². The molecular formula is C18H22ClNO. The van der Waals surface area contributed by atoms with Gasteiger partial charge in [-0.25, -0.2) is 0 Å². The molecule has 0 spiro atoms. The molecule has 0 bridgehead atoms. The van der Waals surface area contributed by atoms with Crippen molar-refractivity contribution in [3.05, 3.63) is 69.2 Å². The fourth-order valence-corrected chi connectivity index (χ4v) is 2.88. The van der Waals surface area contributed by atoms with Gasteiger partial charge in [0.2, 0.25) is 0 Å². The zero-order valence-corrected chi connectivity index (χ0v) is 13.5. The second-order valence-corrected chi connectivity index (χ2v) is 6.06. The van der Waals surface area contributed by atoms with Gasteiger partial charge in [0, 0.05) is 17.5 Å². The molecule has 3 heteroatoms. The lowest BCUT2D eigenvalue weighted by molar-refractivity contribution is 0.147. The summed E-state index contributed by atoms with van der Waals surface area (Å²) in [6.45, 7) is 6.49. The molecular weight excluding hydrogens is 282 g/mol. The maximum atomic E-state index is 10.7. The monoisotopic (exact) mass is 303 g/mol. The van der Waals surface area contributed by atoms with Crippen molar-refractivity contribution >= 4 is 11.6 Å². The van der Waals surface area contributed by atoms with E-state index in [1.807, 2.05) is 31.2 Å². The Morgan fingerprint density at radius 3 is 2.33 bits per heavy atom. The van der Waals surface area contributed by atoms with E-state index in [0.717, 1.165) is 16.7 Å². The van der Waals surface area contributed by atoms with Gasteiger partial charge in [-0.05, 0) is 54.7 Å². The molecule has 0 heterocycles. The van der Waals surface area contributed by atoms with Crippen LogP contribution in [0.1, 0.15) is 39.8 Å². The van der Waals surface area contributed by atoms with E-state index in [9.17, 15) is 5.11 Å². The smallest absolute Gasteiger partial charge is 0.0885 e. The fourth-order valence-electron chi connectivity index (χ4n) is 2.53. The number of aliphatic hydroxyl groups is 1. The van der Waals surface area contributed by atoms with E-state index >= 15 is 0 Å². The number of hydrogen-bond donors (Lipinski definition) is 2. The van der Waals surface area contributed by atoms with E-state index in [4.69, 9.17) is 17.3 Å². The van der Waals surface area contributed by atoms with Crippen LogP contribution in [-0.2, 0) is 0 Å². The van der Waals surface area contributed by atoms with Gasteiger partial charge >= 0.3 is 0 Å². The Bertz CT molecular complexity index is 639. The molecule has 0 radical (unpaired) electrons. The highest BCUT2D eigenvalue weighted by Crippen LogP contribution is 2.34. The predicted molar refractivity (Wildman–Crippen MR) is 88.9 cm³/mol. The second kappa shape index (κ2) is 6.61. The van der Waals surface area contributed by atoms with E-state index in [-0.39, 0.29) is 5.92 Å². The lowest BCUT2D eigenvalue weighted by Gasteiger charge is -2.24. The molecule has 0 amide bonds. The van der Waals surface area contributed by atoms with E-state index in [2.05, 4.69) is 26.0 Å². The summed E-state index contributed by atoms with van der Waals surface area (Å²) in [6, 6.07) is 11.9. The second-order valence-electron chi connectivity index (χ2n) is 5.66. The maximum absolute atomic E-state index is 10.7. The minimum Gasteiger partial charge on any atom is -0.388 e. The molecule has 0 aliphatic rings. The van der Waals surface area contributed by atoms with Crippen molar-refractivity contribution in [2.75, 3.05) is 6.54 Å². The fraction of sp³-hybridized carbons (Fsp3) is 0.333.